The van der Waals surface area contributed by atoms with Crippen LogP contribution in [0, 0.1) is 6.92 Å². The number of aryl methyl sites for hydroxylation is 1. The predicted octanol–water partition coefficient (Wildman–Crippen LogP) is 4.41. The van der Waals surface area contributed by atoms with E-state index in [1.54, 1.807) is 30.3 Å². The van der Waals surface area contributed by atoms with Gasteiger partial charge in [-0.1, -0.05) is 48.5 Å². The molecule has 33 heavy (non-hydrogen) atoms. The number of rotatable bonds is 4. The van der Waals surface area contributed by atoms with E-state index in [1.807, 2.05) is 0 Å². The minimum atomic E-state index is -4.63. The number of carbonyl (C=O) groups is 1. The molecule has 2 N–H and O–H groups in total. The Morgan fingerprint density at radius 3 is 2.52 bits per heavy atom. The van der Waals surface area contributed by atoms with Crippen molar-refractivity contribution in [3.63, 3.8) is 0 Å². The molecule has 4 rings (SSSR count). The molecule has 1 aliphatic heterocycles. The lowest BCUT2D eigenvalue weighted by Gasteiger charge is -2.27. The number of benzene rings is 2. The van der Waals surface area contributed by atoms with Gasteiger partial charge in [0.15, 0.2) is 0 Å². The lowest BCUT2D eigenvalue weighted by atomic mass is 9.83. The van der Waals surface area contributed by atoms with Crippen LogP contribution in [0.4, 0.5) is 13.2 Å². The summed E-state index contributed by atoms with van der Waals surface area (Å²) in [7, 11) is 0. The molecule has 1 atom stereocenters. The minimum Gasteiger partial charge on any atom is -0.457 e. The van der Waals surface area contributed by atoms with Gasteiger partial charge in [-0.25, -0.2) is 9.59 Å². The first-order valence-electron chi connectivity index (χ1n) is 9.85. The average Bonchev–Trinajstić information content (AvgIpc) is 2.76. The van der Waals surface area contributed by atoms with E-state index in [0.717, 1.165) is 12.1 Å². The van der Waals surface area contributed by atoms with Crippen molar-refractivity contribution in [3.05, 3.63) is 111 Å². The van der Waals surface area contributed by atoms with Crippen LogP contribution in [0.5, 0.6) is 5.75 Å². The van der Waals surface area contributed by atoms with Gasteiger partial charge in [0.1, 0.15) is 23.7 Å². The van der Waals surface area contributed by atoms with Gasteiger partial charge in [0.2, 0.25) is 5.88 Å². The molecule has 9 heteroatoms. The first-order chi connectivity index (χ1) is 15.6. The van der Waals surface area contributed by atoms with Gasteiger partial charge < -0.3 is 19.6 Å². The number of esters is 1. The highest BCUT2D eigenvalue weighted by Gasteiger charge is 2.40. The van der Waals surface area contributed by atoms with Gasteiger partial charge in [-0.3, -0.25) is 0 Å². The lowest BCUT2D eigenvalue weighted by Crippen LogP contribution is -2.31. The van der Waals surface area contributed by atoms with E-state index in [9.17, 15) is 22.8 Å². The molecule has 0 fully saturated rings. The summed E-state index contributed by atoms with van der Waals surface area (Å²) in [5.74, 6) is -2.36. The Bertz CT molecular complexity index is 1300. The monoisotopic (exact) mass is 457 g/mol. The van der Waals surface area contributed by atoms with Crippen molar-refractivity contribution in [2.24, 2.45) is 5.73 Å². The molecule has 2 heterocycles. The maximum absolute atomic E-state index is 13.4. The smallest absolute Gasteiger partial charge is 0.416 e. The summed E-state index contributed by atoms with van der Waals surface area (Å²) in [5.41, 5.74) is 4.50. The van der Waals surface area contributed by atoms with E-state index in [1.165, 1.54) is 25.1 Å². The van der Waals surface area contributed by atoms with Crippen molar-refractivity contribution >= 4 is 5.97 Å². The fourth-order valence-electron chi connectivity index (χ4n) is 3.65. The van der Waals surface area contributed by atoms with Crippen LogP contribution in [0.1, 0.15) is 33.9 Å². The lowest BCUT2D eigenvalue weighted by molar-refractivity contribution is -0.140. The van der Waals surface area contributed by atoms with Crippen molar-refractivity contribution < 1.29 is 31.9 Å². The third kappa shape index (κ3) is 4.48. The maximum Gasteiger partial charge on any atom is 0.416 e. The molecule has 0 spiro atoms. The molecule has 0 saturated carbocycles. The van der Waals surface area contributed by atoms with E-state index in [-0.39, 0.29) is 40.7 Å². The van der Waals surface area contributed by atoms with Crippen LogP contribution < -0.4 is 16.1 Å². The summed E-state index contributed by atoms with van der Waals surface area (Å²) < 4.78 is 56.1. The number of hydrogen-bond donors (Lipinski definition) is 1. The summed E-state index contributed by atoms with van der Waals surface area (Å²) in [5, 5.41) is 0. The molecule has 2 aromatic carbocycles. The topological polar surface area (TPSA) is 91.8 Å². The van der Waals surface area contributed by atoms with Crippen molar-refractivity contribution in [2.45, 2.75) is 25.6 Å². The number of ether oxygens (including phenoxy) is 2. The largest absolute Gasteiger partial charge is 0.457 e. The SMILES string of the molecule is Cc1cc2c(c(=O)o1)[C@H](c1cccc(C(F)(F)F)c1)C(C(=O)OCc1ccccc1)=C(N)O2. The normalized spacial score (nSPS) is 15.6. The summed E-state index contributed by atoms with van der Waals surface area (Å²) in [6.07, 6.45) is -4.63. The van der Waals surface area contributed by atoms with E-state index in [0.29, 0.717) is 5.56 Å². The Morgan fingerprint density at radius 1 is 1.09 bits per heavy atom. The second kappa shape index (κ2) is 8.50. The van der Waals surface area contributed by atoms with Crippen LogP contribution in [-0.2, 0) is 22.3 Å². The molecular weight excluding hydrogens is 439 g/mol. The summed E-state index contributed by atoms with van der Waals surface area (Å²) >= 11 is 0. The molecule has 0 bridgehead atoms. The Kier molecular flexibility index (Phi) is 5.71. The summed E-state index contributed by atoms with van der Waals surface area (Å²) in [4.78, 5) is 25.8. The number of alkyl halides is 3. The first kappa shape index (κ1) is 22.2. The Balaban J connectivity index is 1.82. The van der Waals surface area contributed by atoms with E-state index < -0.39 is 29.3 Å². The highest BCUT2D eigenvalue weighted by molar-refractivity contribution is 5.92. The van der Waals surface area contributed by atoms with Crippen molar-refractivity contribution in [3.8, 4) is 5.75 Å². The summed E-state index contributed by atoms with van der Waals surface area (Å²) in [6.45, 7) is 1.40. The van der Waals surface area contributed by atoms with Crippen molar-refractivity contribution in [1.29, 1.82) is 0 Å². The minimum absolute atomic E-state index is 0.00303. The summed E-state index contributed by atoms with van der Waals surface area (Å²) in [6, 6.07) is 14.5. The molecule has 170 valence electrons. The van der Waals surface area contributed by atoms with Crippen LogP contribution in [0.15, 0.2) is 81.3 Å². The Labute approximate surface area is 186 Å². The number of fused-ring (bicyclic) bond motifs is 1. The van der Waals surface area contributed by atoms with Crippen molar-refractivity contribution in [2.75, 3.05) is 0 Å². The molecule has 0 amide bonds. The maximum atomic E-state index is 13.4. The van der Waals surface area contributed by atoms with E-state index >= 15 is 0 Å². The number of halogens is 3. The van der Waals surface area contributed by atoms with Crippen LogP contribution in [0.25, 0.3) is 0 Å². The zero-order valence-corrected chi connectivity index (χ0v) is 17.3. The van der Waals surface area contributed by atoms with E-state index in [4.69, 9.17) is 19.6 Å². The fourth-order valence-corrected chi connectivity index (χ4v) is 3.65. The standard InChI is InChI=1S/C24H18F3NO5/c1-13-10-17-19(23(30)32-13)18(15-8-5-9-16(11-15)24(25,26)27)20(21(28)33-17)22(29)31-12-14-6-3-2-4-7-14/h2-11,18H,12,28H2,1H3/t18-/m0/s1. The number of hydrogen-bond acceptors (Lipinski definition) is 6. The highest BCUT2D eigenvalue weighted by atomic mass is 19.4. The quantitative estimate of drug-likeness (QED) is 0.584. The van der Waals surface area contributed by atoms with Gasteiger partial charge in [0.25, 0.3) is 0 Å². The molecule has 0 unspecified atom stereocenters. The number of nitrogens with two attached hydrogens (primary N) is 1. The first-order valence-corrected chi connectivity index (χ1v) is 9.85. The van der Waals surface area contributed by atoms with Gasteiger partial charge in [-0.05, 0) is 24.1 Å². The predicted molar refractivity (Wildman–Crippen MR) is 111 cm³/mol. The molecular formula is C24H18F3NO5. The third-order valence-corrected chi connectivity index (χ3v) is 5.12. The molecule has 0 radical (unpaired) electrons. The van der Waals surface area contributed by atoms with Gasteiger partial charge >= 0.3 is 17.8 Å². The van der Waals surface area contributed by atoms with Gasteiger partial charge in [-0.15, -0.1) is 0 Å². The molecule has 1 aliphatic rings. The second-order valence-electron chi connectivity index (χ2n) is 7.42. The van der Waals surface area contributed by atoms with Crippen LogP contribution in [-0.4, -0.2) is 5.97 Å². The zero-order valence-electron chi connectivity index (χ0n) is 17.3. The van der Waals surface area contributed by atoms with Gasteiger partial charge in [0, 0.05) is 6.07 Å². The molecule has 3 aromatic rings. The number of carbonyl (C=O) groups excluding carboxylic acids is 1. The van der Waals surface area contributed by atoms with Crippen LogP contribution >= 0.6 is 0 Å². The molecule has 6 nitrogen and oxygen atoms in total. The Hall–Kier alpha value is -4.01. The van der Waals surface area contributed by atoms with Crippen LogP contribution in [0.2, 0.25) is 0 Å². The van der Waals surface area contributed by atoms with Crippen LogP contribution in [0.3, 0.4) is 0 Å². The molecule has 1 aromatic heterocycles. The molecule has 0 aliphatic carbocycles. The zero-order chi connectivity index (χ0) is 23.8. The molecule has 0 saturated heterocycles. The average molecular weight is 457 g/mol. The highest BCUT2D eigenvalue weighted by Crippen LogP contribution is 2.42. The van der Waals surface area contributed by atoms with Crippen molar-refractivity contribution in [1.82, 2.24) is 0 Å². The third-order valence-electron chi connectivity index (χ3n) is 5.12. The fraction of sp³-hybridized carbons (Fsp3) is 0.167. The van der Waals surface area contributed by atoms with E-state index in [2.05, 4.69) is 0 Å². The van der Waals surface area contributed by atoms with Gasteiger partial charge in [0.05, 0.1) is 17.0 Å². The van der Waals surface area contributed by atoms with Gasteiger partial charge in [-0.2, -0.15) is 13.2 Å². The second-order valence-corrected chi connectivity index (χ2v) is 7.42. The Morgan fingerprint density at radius 2 is 1.82 bits per heavy atom.